The van der Waals surface area contributed by atoms with E-state index in [-0.39, 0.29) is 5.88 Å². The summed E-state index contributed by atoms with van der Waals surface area (Å²) in [7, 11) is 0. The summed E-state index contributed by atoms with van der Waals surface area (Å²) in [6, 6.07) is 7.30. The van der Waals surface area contributed by atoms with Gasteiger partial charge in [-0.2, -0.15) is 0 Å². The zero-order chi connectivity index (χ0) is 16.3. The van der Waals surface area contributed by atoms with Crippen LogP contribution in [0.5, 0.6) is 5.88 Å². The topological polar surface area (TPSA) is 77.5 Å². The first-order chi connectivity index (χ1) is 10.2. The van der Waals surface area contributed by atoms with Gasteiger partial charge in [0.15, 0.2) is 0 Å². The molecule has 22 heavy (non-hydrogen) atoms. The van der Waals surface area contributed by atoms with Gasteiger partial charge in [0, 0.05) is 16.1 Å². The first-order valence-corrected chi connectivity index (χ1v) is 7.30. The van der Waals surface area contributed by atoms with E-state index in [1.807, 2.05) is 17.4 Å². The van der Waals surface area contributed by atoms with E-state index >= 15 is 0 Å². The fourth-order valence-corrected chi connectivity index (χ4v) is 2.06. The molecule has 0 radical (unpaired) electrons. The molecule has 0 aliphatic carbocycles. The van der Waals surface area contributed by atoms with Crippen molar-refractivity contribution in [3.63, 3.8) is 0 Å². The molecule has 0 bridgehead atoms. The fourth-order valence-electron chi connectivity index (χ4n) is 1.70. The molecule has 0 fully saturated rings. The van der Waals surface area contributed by atoms with E-state index in [0.29, 0.717) is 5.39 Å². The maximum atomic E-state index is 11.8. The zero-order valence-electron chi connectivity index (χ0n) is 12.3. The van der Waals surface area contributed by atoms with Crippen molar-refractivity contribution >= 4 is 38.9 Å². The lowest BCUT2D eigenvalue weighted by Crippen LogP contribution is -2.38. The third-order valence-corrected chi connectivity index (χ3v) is 2.98. The van der Waals surface area contributed by atoms with E-state index < -0.39 is 17.8 Å². The van der Waals surface area contributed by atoms with Crippen molar-refractivity contribution in [2.24, 2.45) is 0 Å². The number of pyridine rings is 1. The highest BCUT2D eigenvalue weighted by Crippen LogP contribution is 2.26. The predicted octanol–water partition coefficient (Wildman–Crippen LogP) is 4.02. The number of hydrogen-bond acceptors (Lipinski definition) is 5. The Hall–Kier alpha value is -2.15. The normalized spacial score (nSPS) is 11.1. The molecule has 2 amide bonds. The van der Waals surface area contributed by atoms with Crippen LogP contribution in [0.3, 0.4) is 0 Å². The van der Waals surface area contributed by atoms with Gasteiger partial charge in [-0.1, -0.05) is 22.0 Å². The van der Waals surface area contributed by atoms with Crippen molar-refractivity contribution in [2.75, 3.05) is 0 Å². The van der Waals surface area contributed by atoms with Crippen LogP contribution >= 0.6 is 15.9 Å². The lowest BCUT2D eigenvalue weighted by Gasteiger charge is -2.19. The highest BCUT2D eigenvalue weighted by molar-refractivity contribution is 9.10. The Bertz CT molecular complexity index is 725. The van der Waals surface area contributed by atoms with Gasteiger partial charge >= 0.3 is 12.2 Å². The Labute approximate surface area is 135 Å². The first-order valence-electron chi connectivity index (χ1n) is 6.51. The number of carbonyl (C=O) groups excluding carboxylic acids is 2. The van der Waals surface area contributed by atoms with Crippen LogP contribution in [0.4, 0.5) is 9.59 Å². The van der Waals surface area contributed by atoms with Gasteiger partial charge < -0.3 is 9.47 Å². The number of alkyl carbamates (subject to hydrolysis) is 1. The van der Waals surface area contributed by atoms with Gasteiger partial charge in [-0.05, 0) is 44.4 Å². The third-order valence-electron chi connectivity index (χ3n) is 2.48. The summed E-state index contributed by atoms with van der Waals surface area (Å²) in [6.07, 6.45) is -0.306. The van der Waals surface area contributed by atoms with E-state index in [2.05, 4.69) is 20.9 Å². The molecule has 1 N–H and O–H groups in total. The van der Waals surface area contributed by atoms with Crippen molar-refractivity contribution < 1.29 is 19.1 Å². The number of amides is 2. The van der Waals surface area contributed by atoms with Gasteiger partial charge in [0.1, 0.15) is 5.60 Å². The van der Waals surface area contributed by atoms with Crippen molar-refractivity contribution in [3.8, 4) is 5.88 Å². The maximum absolute atomic E-state index is 11.8. The van der Waals surface area contributed by atoms with Crippen LogP contribution in [0.15, 0.2) is 34.9 Å². The standard InChI is InChI=1S/C15H15BrN2O4/c1-15(2,3)22-14(20)18-13(19)21-12-11-8-10(16)5-4-9(11)6-7-17-12/h4-8H,1-3H3,(H,18,19,20). The molecule has 116 valence electrons. The Kier molecular flexibility index (Phi) is 4.65. The summed E-state index contributed by atoms with van der Waals surface area (Å²) >= 11 is 3.35. The molecule has 2 rings (SSSR count). The van der Waals surface area contributed by atoms with Gasteiger partial charge in [0.2, 0.25) is 5.88 Å². The van der Waals surface area contributed by atoms with Crippen molar-refractivity contribution in [1.82, 2.24) is 10.3 Å². The van der Waals surface area contributed by atoms with E-state index in [4.69, 9.17) is 9.47 Å². The molecule has 0 atom stereocenters. The molecule has 2 aromatic rings. The second kappa shape index (κ2) is 6.31. The number of benzene rings is 1. The fraction of sp³-hybridized carbons (Fsp3) is 0.267. The minimum absolute atomic E-state index is 0.111. The lowest BCUT2D eigenvalue weighted by atomic mass is 10.2. The number of nitrogens with zero attached hydrogens (tertiary/aromatic N) is 1. The molecule has 6 nitrogen and oxygen atoms in total. The molecule has 1 aromatic heterocycles. The summed E-state index contributed by atoms with van der Waals surface area (Å²) < 4.78 is 10.9. The second-order valence-electron chi connectivity index (χ2n) is 5.50. The van der Waals surface area contributed by atoms with Crippen LogP contribution in [-0.2, 0) is 4.74 Å². The number of nitrogens with one attached hydrogen (secondary N) is 1. The molecular formula is C15H15BrN2O4. The van der Waals surface area contributed by atoms with Crippen molar-refractivity contribution in [1.29, 1.82) is 0 Å². The van der Waals surface area contributed by atoms with E-state index in [9.17, 15) is 9.59 Å². The molecule has 0 spiro atoms. The molecule has 0 saturated heterocycles. The Morgan fingerprint density at radius 1 is 1.18 bits per heavy atom. The molecule has 0 saturated carbocycles. The minimum atomic E-state index is -0.950. The summed E-state index contributed by atoms with van der Waals surface area (Å²) in [5, 5.41) is 3.50. The van der Waals surface area contributed by atoms with Crippen LogP contribution in [-0.4, -0.2) is 22.8 Å². The number of carbonyl (C=O) groups is 2. The van der Waals surface area contributed by atoms with Gasteiger partial charge in [0.05, 0.1) is 0 Å². The van der Waals surface area contributed by atoms with Gasteiger partial charge in [-0.25, -0.2) is 19.9 Å². The van der Waals surface area contributed by atoms with Crippen molar-refractivity contribution in [3.05, 3.63) is 34.9 Å². The predicted molar refractivity (Wildman–Crippen MR) is 84.8 cm³/mol. The second-order valence-corrected chi connectivity index (χ2v) is 6.41. The van der Waals surface area contributed by atoms with Gasteiger partial charge in [0.25, 0.3) is 0 Å². The summed E-state index contributed by atoms with van der Waals surface area (Å²) in [5.41, 5.74) is -0.701. The molecule has 0 aliphatic rings. The van der Waals surface area contributed by atoms with Crippen LogP contribution < -0.4 is 10.1 Å². The van der Waals surface area contributed by atoms with Crippen LogP contribution in [0, 0.1) is 0 Å². The van der Waals surface area contributed by atoms with Crippen molar-refractivity contribution in [2.45, 2.75) is 26.4 Å². The number of halogens is 1. The number of aromatic nitrogens is 1. The Morgan fingerprint density at radius 2 is 1.91 bits per heavy atom. The SMILES string of the molecule is CC(C)(C)OC(=O)NC(=O)Oc1nccc2ccc(Br)cc12. The summed E-state index contributed by atoms with van der Waals surface area (Å²) in [6.45, 7) is 5.09. The van der Waals surface area contributed by atoms with E-state index in [1.54, 1.807) is 32.9 Å². The minimum Gasteiger partial charge on any atom is -0.443 e. The maximum Gasteiger partial charge on any atom is 0.423 e. The largest absolute Gasteiger partial charge is 0.443 e. The average molecular weight is 367 g/mol. The van der Waals surface area contributed by atoms with Crippen LogP contribution in [0.1, 0.15) is 20.8 Å². The molecule has 0 unspecified atom stereocenters. The number of fused-ring (bicyclic) bond motifs is 1. The van der Waals surface area contributed by atoms with Crippen LogP contribution in [0.25, 0.3) is 10.8 Å². The first kappa shape index (κ1) is 16.2. The third kappa shape index (κ3) is 4.42. The van der Waals surface area contributed by atoms with Gasteiger partial charge in [-0.3, -0.25) is 0 Å². The molecule has 1 heterocycles. The monoisotopic (exact) mass is 366 g/mol. The zero-order valence-corrected chi connectivity index (χ0v) is 13.9. The smallest absolute Gasteiger partial charge is 0.423 e. The lowest BCUT2D eigenvalue weighted by molar-refractivity contribution is 0.0533. The Balaban J connectivity index is 2.12. The Morgan fingerprint density at radius 3 is 2.59 bits per heavy atom. The number of imide groups is 1. The summed E-state index contributed by atoms with van der Waals surface area (Å²) in [4.78, 5) is 27.3. The summed E-state index contributed by atoms with van der Waals surface area (Å²) in [5.74, 6) is 0.111. The molecular weight excluding hydrogens is 352 g/mol. The number of hydrogen-bond donors (Lipinski definition) is 1. The highest BCUT2D eigenvalue weighted by atomic mass is 79.9. The molecule has 1 aromatic carbocycles. The molecule has 7 heteroatoms. The molecule has 0 aliphatic heterocycles. The van der Waals surface area contributed by atoms with Crippen LogP contribution in [0.2, 0.25) is 0 Å². The number of rotatable bonds is 1. The van der Waals surface area contributed by atoms with Gasteiger partial charge in [-0.15, -0.1) is 0 Å². The quantitative estimate of drug-likeness (QED) is 0.824. The van der Waals surface area contributed by atoms with E-state index in [0.717, 1.165) is 9.86 Å². The average Bonchev–Trinajstić information content (AvgIpc) is 2.37. The van der Waals surface area contributed by atoms with E-state index in [1.165, 1.54) is 6.20 Å². The highest BCUT2D eigenvalue weighted by Gasteiger charge is 2.19. The number of ether oxygens (including phenoxy) is 2.